The maximum atomic E-state index is 13.2. The van der Waals surface area contributed by atoms with Crippen LogP contribution in [-0.2, 0) is 21.4 Å². The number of nitrogens with zero attached hydrogens (tertiary/aromatic N) is 3. The van der Waals surface area contributed by atoms with Gasteiger partial charge in [0.2, 0.25) is 11.8 Å². The number of hydrogen-bond acceptors (Lipinski definition) is 6. The van der Waals surface area contributed by atoms with Crippen molar-refractivity contribution in [1.82, 2.24) is 20.4 Å². The van der Waals surface area contributed by atoms with E-state index in [1.165, 1.54) is 12.1 Å². The van der Waals surface area contributed by atoms with Crippen LogP contribution in [0.4, 0.5) is 4.39 Å². The number of halogens is 1. The fraction of sp³-hybridized carbons (Fsp3) is 0.444. The lowest BCUT2D eigenvalue weighted by Gasteiger charge is -2.39. The Bertz CT molecular complexity index is 1080. The van der Waals surface area contributed by atoms with Crippen LogP contribution in [0.15, 0.2) is 59.1 Å². The maximum Gasteiger partial charge on any atom is 0.235 e. The van der Waals surface area contributed by atoms with E-state index in [2.05, 4.69) is 27.5 Å². The molecule has 0 unspecified atom stereocenters. The number of piperidine rings is 1. The second-order valence-electron chi connectivity index (χ2n) is 9.33. The number of benzene rings is 2. The average Bonchev–Trinajstić information content (AvgIpc) is 3.34. The number of amides is 1. The van der Waals surface area contributed by atoms with Gasteiger partial charge in [-0.05, 0) is 55.6 Å². The van der Waals surface area contributed by atoms with Crippen molar-refractivity contribution >= 4 is 5.91 Å². The van der Waals surface area contributed by atoms with Gasteiger partial charge in [-0.2, -0.15) is 4.98 Å². The number of methoxy groups -OCH3 is 1. The highest BCUT2D eigenvalue weighted by atomic mass is 19.1. The lowest BCUT2D eigenvalue weighted by Crippen LogP contribution is -2.46. The fourth-order valence-electron chi connectivity index (χ4n) is 4.79. The third-order valence-corrected chi connectivity index (χ3v) is 6.74. The number of nitrogens with one attached hydrogen (secondary N) is 1. The highest BCUT2D eigenvalue weighted by molar-refractivity contribution is 5.73. The van der Waals surface area contributed by atoms with E-state index >= 15 is 0 Å². The molecular weight excluding hydrogens is 447 g/mol. The van der Waals surface area contributed by atoms with Gasteiger partial charge in [0.05, 0.1) is 18.1 Å². The zero-order valence-corrected chi connectivity index (χ0v) is 20.4. The molecule has 1 N–H and O–H groups in total. The van der Waals surface area contributed by atoms with Crippen molar-refractivity contribution in [2.75, 3.05) is 33.4 Å². The van der Waals surface area contributed by atoms with Crippen molar-refractivity contribution in [2.24, 2.45) is 0 Å². The molecule has 0 spiro atoms. The molecule has 0 radical (unpaired) electrons. The predicted octanol–water partition coefficient (Wildman–Crippen LogP) is 4.05. The van der Waals surface area contributed by atoms with Crippen LogP contribution >= 0.6 is 0 Å². The van der Waals surface area contributed by atoms with Crippen molar-refractivity contribution in [3.05, 3.63) is 83.3 Å². The standard InChI is InChI=1S/C27H33FN4O3/c1-20(33)29-24(22-6-4-3-5-7-22)12-15-32-16-13-27(14-17-32,19-34-2)26-30-25(31-35-26)18-21-8-10-23(28)11-9-21/h3-11,24H,12-19H2,1-2H3,(H,29,33)/t24-/m0/s1. The van der Waals surface area contributed by atoms with Crippen molar-refractivity contribution in [1.29, 1.82) is 0 Å². The first kappa shape index (κ1) is 25.0. The molecule has 7 nitrogen and oxygen atoms in total. The number of ether oxygens (including phenoxy) is 1. The van der Waals surface area contributed by atoms with Crippen LogP contribution in [0.25, 0.3) is 0 Å². The summed E-state index contributed by atoms with van der Waals surface area (Å²) >= 11 is 0. The zero-order valence-electron chi connectivity index (χ0n) is 20.4. The van der Waals surface area contributed by atoms with Gasteiger partial charge in [0, 0.05) is 27.0 Å². The van der Waals surface area contributed by atoms with Gasteiger partial charge in [-0.3, -0.25) is 4.79 Å². The Kier molecular flexibility index (Phi) is 8.25. The SMILES string of the molecule is COCC1(c2nc(Cc3ccc(F)cc3)no2)CCN(CC[C@H](NC(C)=O)c2ccccc2)CC1. The molecule has 1 atom stereocenters. The average molecular weight is 481 g/mol. The van der Waals surface area contributed by atoms with Gasteiger partial charge < -0.3 is 19.5 Å². The Labute approximate surface area is 205 Å². The van der Waals surface area contributed by atoms with Gasteiger partial charge in [0.25, 0.3) is 0 Å². The monoisotopic (exact) mass is 480 g/mol. The van der Waals surface area contributed by atoms with E-state index in [9.17, 15) is 9.18 Å². The summed E-state index contributed by atoms with van der Waals surface area (Å²) in [6, 6.07) is 16.4. The Morgan fingerprint density at radius 1 is 1.17 bits per heavy atom. The van der Waals surface area contributed by atoms with Gasteiger partial charge in [-0.25, -0.2) is 4.39 Å². The molecule has 186 valence electrons. The van der Waals surface area contributed by atoms with E-state index in [1.54, 1.807) is 26.2 Å². The summed E-state index contributed by atoms with van der Waals surface area (Å²) in [4.78, 5) is 18.9. The second-order valence-corrected chi connectivity index (χ2v) is 9.33. The summed E-state index contributed by atoms with van der Waals surface area (Å²) in [7, 11) is 1.70. The maximum absolute atomic E-state index is 13.2. The van der Waals surface area contributed by atoms with Crippen LogP contribution in [0.3, 0.4) is 0 Å². The van der Waals surface area contributed by atoms with Crippen LogP contribution in [-0.4, -0.2) is 54.3 Å². The number of carbonyl (C=O) groups excluding carboxylic acids is 1. The minimum absolute atomic E-state index is 0.00989. The smallest absolute Gasteiger partial charge is 0.235 e. The summed E-state index contributed by atoms with van der Waals surface area (Å²) in [6.45, 7) is 4.70. The summed E-state index contributed by atoms with van der Waals surface area (Å²) in [6.07, 6.45) is 3.01. The first-order valence-corrected chi connectivity index (χ1v) is 12.1. The van der Waals surface area contributed by atoms with Crippen LogP contribution in [0.1, 0.15) is 55.1 Å². The minimum Gasteiger partial charge on any atom is -0.384 e. The number of aromatic nitrogens is 2. The van der Waals surface area contributed by atoms with Crippen LogP contribution in [0.2, 0.25) is 0 Å². The summed E-state index contributed by atoms with van der Waals surface area (Å²) in [5, 5.41) is 7.27. The van der Waals surface area contributed by atoms with Crippen LogP contribution in [0, 0.1) is 5.82 Å². The Balaban J connectivity index is 1.37. The topological polar surface area (TPSA) is 80.5 Å². The van der Waals surface area contributed by atoms with Gasteiger partial charge in [0.15, 0.2) is 5.82 Å². The summed E-state index contributed by atoms with van der Waals surface area (Å²) in [5.41, 5.74) is 1.73. The van der Waals surface area contributed by atoms with E-state index in [0.717, 1.165) is 50.0 Å². The molecule has 2 aromatic carbocycles. The molecular formula is C27H33FN4O3. The molecule has 4 rings (SSSR count). The molecule has 35 heavy (non-hydrogen) atoms. The Morgan fingerprint density at radius 3 is 2.54 bits per heavy atom. The molecule has 0 aliphatic carbocycles. The van der Waals surface area contributed by atoms with Crippen LogP contribution in [0.5, 0.6) is 0 Å². The molecule has 0 saturated carbocycles. The number of likely N-dealkylation sites (tertiary alicyclic amines) is 1. The third-order valence-electron chi connectivity index (χ3n) is 6.74. The molecule has 8 heteroatoms. The molecule has 1 aromatic heterocycles. The Morgan fingerprint density at radius 2 is 1.89 bits per heavy atom. The number of carbonyl (C=O) groups is 1. The van der Waals surface area contributed by atoms with Crippen molar-refractivity contribution in [3.8, 4) is 0 Å². The van der Waals surface area contributed by atoms with Gasteiger partial charge in [-0.1, -0.05) is 47.6 Å². The molecule has 1 aliphatic rings. The first-order chi connectivity index (χ1) is 17.0. The van der Waals surface area contributed by atoms with E-state index in [-0.39, 0.29) is 23.2 Å². The number of rotatable bonds is 10. The van der Waals surface area contributed by atoms with Crippen LogP contribution < -0.4 is 5.32 Å². The normalized spacial score (nSPS) is 16.7. The molecule has 1 aliphatic heterocycles. The van der Waals surface area contributed by atoms with E-state index in [1.807, 2.05) is 18.2 Å². The minimum atomic E-state index is -0.324. The van der Waals surface area contributed by atoms with E-state index in [4.69, 9.17) is 14.2 Å². The molecule has 2 heterocycles. The van der Waals surface area contributed by atoms with Crippen molar-refractivity contribution < 1.29 is 18.4 Å². The second kappa shape index (κ2) is 11.6. The van der Waals surface area contributed by atoms with Gasteiger partial charge in [-0.15, -0.1) is 0 Å². The molecule has 1 saturated heterocycles. The molecule has 3 aromatic rings. The van der Waals surface area contributed by atoms with Crippen molar-refractivity contribution in [3.63, 3.8) is 0 Å². The Hall–Kier alpha value is -3.10. The highest BCUT2D eigenvalue weighted by Crippen LogP contribution is 2.35. The first-order valence-electron chi connectivity index (χ1n) is 12.1. The quantitative estimate of drug-likeness (QED) is 0.472. The van der Waals surface area contributed by atoms with E-state index in [0.29, 0.717) is 24.7 Å². The van der Waals surface area contributed by atoms with Gasteiger partial charge in [0.1, 0.15) is 5.82 Å². The fourth-order valence-corrected chi connectivity index (χ4v) is 4.79. The highest BCUT2D eigenvalue weighted by Gasteiger charge is 2.41. The predicted molar refractivity (Wildman–Crippen MR) is 130 cm³/mol. The summed E-state index contributed by atoms with van der Waals surface area (Å²) in [5.74, 6) is 0.909. The lowest BCUT2D eigenvalue weighted by atomic mass is 9.78. The lowest BCUT2D eigenvalue weighted by molar-refractivity contribution is -0.119. The molecule has 1 amide bonds. The molecule has 1 fully saturated rings. The zero-order chi connectivity index (χ0) is 24.7. The van der Waals surface area contributed by atoms with Crippen molar-refractivity contribution in [2.45, 2.75) is 44.1 Å². The third kappa shape index (κ3) is 6.52. The number of hydrogen-bond donors (Lipinski definition) is 1. The molecule has 0 bridgehead atoms. The van der Waals surface area contributed by atoms with Gasteiger partial charge >= 0.3 is 0 Å². The summed E-state index contributed by atoms with van der Waals surface area (Å²) < 4.78 is 24.5. The van der Waals surface area contributed by atoms with E-state index < -0.39 is 0 Å². The largest absolute Gasteiger partial charge is 0.384 e.